The number of amides is 1. The van der Waals surface area contributed by atoms with E-state index in [0.717, 1.165) is 11.8 Å². The summed E-state index contributed by atoms with van der Waals surface area (Å²) in [6.07, 6.45) is 0.121. The average molecular weight is 296 g/mol. The molecule has 106 valence electrons. The molecule has 1 amide bonds. The molecule has 1 unspecified atom stereocenters. The van der Waals surface area contributed by atoms with Gasteiger partial charge in [0.05, 0.1) is 4.92 Å². The molecule has 1 aliphatic heterocycles. The first-order valence-electron chi connectivity index (χ1n) is 5.84. The van der Waals surface area contributed by atoms with Crippen LogP contribution in [0.2, 0.25) is 0 Å². The topological polar surface area (TPSA) is 101 Å². The highest BCUT2D eigenvalue weighted by Gasteiger charge is 2.36. The highest BCUT2D eigenvalue weighted by molar-refractivity contribution is 8.14. The van der Waals surface area contributed by atoms with Gasteiger partial charge in [-0.25, -0.2) is 0 Å². The van der Waals surface area contributed by atoms with Crippen molar-refractivity contribution in [3.63, 3.8) is 0 Å². The molecule has 1 aromatic rings. The summed E-state index contributed by atoms with van der Waals surface area (Å²) in [4.78, 5) is 34.6. The van der Waals surface area contributed by atoms with Crippen molar-refractivity contribution >= 4 is 34.2 Å². The smallest absolute Gasteiger partial charge is 0.296 e. The van der Waals surface area contributed by atoms with Crippen molar-refractivity contribution < 1.29 is 19.6 Å². The largest absolute Gasteiger partial charge is 0.505 e. The molecule has 0 bridgehead atoms. The SMILES string of the molecule is CC(=O)SC1CC(=O)N(c2c(O)cccc2[N+](=O)[O-])C1. The predicted molar refractivity (Wildman–Crippen MR) is 73.8 cm³/mol. The maximum atomic E-state index is 12.0. The fourth-order valence-corrected chi connectivity index (χ4v) is 3.07. The number of hydrogen-bond donors (Lipinski definition) is 1. The summed E-state index contributed by atoms with van der Waals surface area (Å²) >= 11 is 1.03. The normalized spacial score (nSPS) is 18.4. The number of carbonyl (C=O) groups is 2. The molecule has 8 heteroatoms. The number of anilines is 1. The van der Waals surface area contributed by atoms with E-state index >= 15 is 0 Å². The van der Waals surface area contributed by atoms with Gasteiger partial charge in [-0.15, -0.1) is 0 Å². The maximum Gasteiger partial charge on any atom is 0.296 e. The lowest BCUT2D eigenvalue weighted by Gasteiger charge is -2.17. The zero-order valence-electron chi connectivity index (χ0n) is 10.6. The second kappa shape index (κ2) is 5.49. The first-order valence-corrected chi connectivity index (χ1v) is 6.72. The van der Waals surface area contributed by atoms with Gasteiger partial charge in [0.25, 0.3) is 5.69 Å². The number of nitrogens with zero attached hydrogens (tertiary/aromatic N) is 2. The highest BCUT2D eigenvalue weighted by atomic mass is 32.2. The Kier molecular flexibility index (Phi) is 3.93. The molecule has 7 nitrogen and oxygen atoms in total. The Balaban J connectivity index is 2.35. The molecule has 1 N–H and O–H groups in total. The van der Waals surface area contributed by atoms with Gasteiger partial charge in [-0.3, -0.25) is 19.7 Å². The van der Waals surface area contributed by atoms with Gasteiger partial charge in [-0.1, -0.05) is 17.8 Å². The van der Waals surface area contributed by atoms with E-state index in [1.54, 1.807) is 0 Å². The van der Waals surface area contributed by atoms with Crippen molar-refractivity contribution in [1.29, 1.82) is 0 Å². The van der Waals surface area contributed by atoms with Crippen LogP contribution in [0.3, 0.4) is 0 Å². The van der Waals surface area contributed by atoms with Crippen molar-refractivity contribution in [1.82, 2.24) is 0 Å². The first kappa shape index (κ1) is 14.3. The van der Waals surface area contributed by atoms with Crippen LogP contribution in [0.4, 0.5) is 11.4 Å². The van der Waals surface area contributed by atoms with E-state index in [1.165, 1.54) is 30.0 Å². The van der Waals surface area contributed by atoms with Crippen molar-refractivity contribution in [2.75, 3.05) is 11.4 Å². The lowest BCUT2D eigenvalue weighted by atomic mass is 10.2. The molecule has 1 saturated heterocycles. The molecule has 20 heavy (non-hydrogen) atoms. The van der Waals surface area contributed by atoms with Crippen molar-refractivity contribution in [3.8, 4) is 5.75 Å². The van der Waals surface area contributed by atoms with Gasteiger partial charge < -0.3 is 10.0 Å². The lowest BCUT2D eigenvalue weighted by Crippen LogP contribution is -2.25. The third-order valence-electron chi connectivity index (χ3n) is 2.88. The van der Waals surface area contributed by atoms with E-state index in [2.05, 4.69) is 0 Å². The van der Waals surface area contributed by atoms with Crippen molar-refractivity contribution in [2.45, 2.75) is 18.6 Å². The number of phenolic OH excluding ortho intramolecular Hbond substituents is 1. The van der Waals surface area contributed by atoms with Gasteiger partial charge in [0.2, 0.25) is 5.91 Å². The molecule has 1 aliphatic rings. The van der Waals surface area contributed by atoms with Crippen LogP contribution in [0.1, 0.15) is 13.3 Å². The standard InChI is InChI=1S/C12H12N2O5S/c1-7(15)20-8-5-11(17)13(6-8)12-9(14(18)19)3-2-4-10(12)16/h2-4,8,16H,5-6H2,1H3. The number of phenols is 1. The Bertz CT molecular complexity index is 589. The Morgan fingerprint density at radius 1 is 1.55 bits per heavy atom. The number of carbonyl (C=O) groups excluding carboxylic acids is 2. The van der Waals surface area contributed by atoms with Gasteiger partial charge in [0.1, 0.15) is 5.75 Å². The van der Waals surface area contributed by atoms with Crippen LogP contribution >= 0.6 is 11.8 Å². The predicted octanol–water partition coefficient (Wildman–Crippen LogP) is 1.69. The molecule has 1 fully saturated rings. The Morgan fingerprint density at radius 2 is 2.25 bits per heavy atom. The van der Waals surface area contributed by atoms with E-state index in [9.17, 15) is 24.8 Å². The van der Waals surface area contributed by atoms with Crippen LogP contribution < -0.4 is 4.90 Å². The molecule has 2 rings (SSSR count). The minimum absolute atomic E-state index is 0.103. The molecule has 0 aromatic heterocycles. The zero-order chi connectivity index (χ0) is 14.9. The summed E-state index contributed by atoms with van der Waals surface area (Å²) in [6, 6.07) is 3.87. The lowest BCUT2D eigenvalue weighted by molar-refractivity contribution is -0.384. The zero-order valence-corrected chi connectivity index (χ0v) is 11.4. The summed E-state index contributed by atoms with van der Waals surface area (Å²) in [5, 5.41) is 20.4. The summed E-state index contributed by atoms with van der Waals surface area (Å²) in [5.74, 6) is -0.658. The average Bonchev–Trinajstić information content (AvgIpc) is 2.68. The number of aromatic hydroxyl groups is 1. The molecule has 0 radical (unpaired) electrons. The van der Waals surface area contributed by atoms with Gasteiger partial charge in [-0.2, -0.15) is 0 Å². The van der Waals surface area contributed by atoms with Crippen LogP contribution in [-0.2, 0) is 9.59 Å². The van der Waals surface area contributed by atoms with Gasteiger partial charge in [-0.05, 0) is 6.07 Å². The van der Waals surface area contributed by atoms with Crippen LogP contribution in [0.5, 0.6) is 5.75 Å². The first-order chi connectivity index (χ1) is 9.40. The number of benzene rings is 1. The van der Waals surface area contributed by atoms with Crippen molar-refractivity contribution in [3.05, 3.63) is 28.3 Å². The number of nitro groups is 1. The Morgan fingerprint density at radius 3 is 2.85 bits per heavy atom. The second-order valence-electron chi connectivity index (χ2n) is 4.34. The third-order valence-corrected chi connectivity index (χ3v) is 3.86. The quantitative estimate of drug-likeness (QED) is 0.672. The summed E-state index contributed by atoms with van der Waals surface area (Å²) in [5.41, 5.74) is -0.430. The van der Waals surface area contributed by atoms with Crippen LogP contribution in [0.25, 0.3) is 0 Å². The van der Waals surface area contributed by atoms with Crippen LogP contribution in [0, 0.1) is 10.1 Å². The maximum absolute atomic E-state index is 12.0. The molecular weight excluding hydrogens is 284 g/mol. The molecule has 0 spiro atoms. The number of nitro benzene ring substituents is 1. The fraction of sp³-hybridized carbons (Fsp3) is 0.333. The Labute approximate surface area is 118 Å². The number of para-hydroxylation sites is 1. The van der Waals surface area contributed by atoms with E-state index in [4.69, 9.17) is 0 Å². The molecule has 1 aromatic carbocycles. The number of thioether (sulfide) groups is 1. The summed E-state index contributed by atoms with van der Waals surface area (Å²) < 4.78 is 0. The van der Waals surface area contributed by atoms with E-state index in [-0.39, 0.29) is 46.4 Å². The fourth-order valence-electron chi connectivity index (χ4n) is 2.15. The van der Waals surface area contributed by atoms with Crippen molar-refractivity contribution in [2.24, 2.45) is 0 Å². The van der Waals surface area contributed by atoms with Gasteiger partial charge in [0, 0.05) is 31.2 Å². The molecular formula is C12H12N2O5S. The Hall–Kier alpha value is -2.09. The number of rotatable bonds is 3. The minimum atomic E-state index is -0.645. The molecule has 0 saturated carbocycles. The monoisotopic (exact) mass is 296 g/mol. The summed E-state index contributed by atoms with van der Waals surface area (Å²) in [7, 11) is 0. The molecule has 1 heterocycles. The van der Waals surface area contributed by atoms with E-state index < -0.39 is 4.92 Å². The van der Waals surface area contributed by atoms with Crippen LogP contribution in [-0.4, -0.2) is 32.8 Å². The molecule has 0 aliphatic carbocycles. The van der Waals surface area contributed by atoms with Crippen LogP contribution in [0.15, 0.2) is 18.2 Å². The van der Waals surface area contributed by atoms with Gasteiger partial charge in [0.15, 0.2) is 10.8 Å². The third kappa shape index (κ3) is 2.74. The van der Waals surface area contributed by atoms with E-state index in [1.807, 2.05) is 0 Å². The number of hydrogen-bond acceptors (Lipinski definition) is 6. The summed E-state index contributed by atoms with van der Waals surface area (Å²) in [6.45, 7) is 1.57. The highest BCUT2D eigenvalue weighted by Crippen LogP contribution is 2.40. The minimum Gasteiger partial charge on any atom is -0.505 e. The molecule has 1 atom stereocenters. The van der Waals surface area contributed by atoms with Gasteiger partial charge >= 0.3 is 0 Å². The van der Waals surface area contributed by atoms with E-state index in [0.29, 0.717) is 0 Å². The second-order valence-corrected chi connectivity index (χ2v) is 5.82.